The number of aliphatic hydroxyl groups excluding tert-OH is 1. The van der Waals surface area contributed by atoms with Crippen molar-refractivity contribution in [1.82, 2.24) is 5.32 Å². The minimum atomic E-state index is -0.355. The Bertz CT molecular complexity index is 323. The van der Waals surface area contributed by atoms with Crippen molar-refractivity contribution in [2.45, 2.75) is 38.8 Å². The Labute approximate surface area is 96.5 Å². The van der Waals surface area contributed by atoms with Crippen LogP contribution in [0.4, 0.5) is 4.39 Å². The van der Waals surface area contributed by atoms with Gasteiger partial charge in [0, 0.05) is 11.6 Å². The summed E-state index contributed by atoms with van der Waals surface area (Å²) in [5.74, 6) is -0.230. The summed E-state index contributed by atoms with van der Waals surface area (Å²) < 4.78 is 12.7. The molecular formula is C13H20FNO. The van der Waals surface area contributed by atoms with Gasteiger partial charge in [-0.3, -0.25) is 0 Å². The van der Waals surface area contributed by atoms with Crippen LogP contribution in [0.1, 0.15) is 26.3 Å². The van der Waals surface area contributed by atoms with Gasteiger partial charge in [0.25, 0.3) is 0 Å². The van der Waals surface area contributed by atoms with Gasteiger partial charge in [-0.2, -0.15) is 0 Å². The molecule has 0 saturated heterocycles. The van der Waals surface area contributed by atoms with Gasteiger partial charge < -0.3 is 10.4 Å². The van der Waals surface area contributed by atoms with Crippen molar-refractivity contribution in [3.05, 3.63) is 35.6 Å². The van der Waals surface area contributed by atoms with Crippen LogP contribution in [0.5, 0.6) is 0 Å². The number of hydrogen-bond acceptors (Lipinski definition) is 2. The highest BCUT2D eigenvalue weighted by atomic mass is 19.1. The maximum atomic E-state index is 12.7. The summed E-state index contributed by atoms with van der Waals surface area (Å²) in [6.07, 6.45) is 0.682. The predicted molar refractivity (Wildman–Crippen MR) is 63.9 cm³/mol. The SMILES string of the molecule is CC(C)NC(C)(CO)Cc1ccc(F)cc1. The molecule has 2 nitrogen and oxygen atoms in total. The Morgan fingerprint density at radius 2 is 1.88 bits per heavy atom. The van der Waals surface area contributed by atoms with Gasteiger partial charge in [0.2, 0.25) is 0 Å². The molecule has 0 heterocycles. The van der Waals surface area contributed by atoms with Crippen molar-refractivity contribution in [3.63, 3.8) is 0 Å². The van der Waals surface area contributed by atoms with E-state index in [1.165, 1.54) is 12.1 Å². The maximum Gasteiger partial charge on any atom is 0.123 e. The number of nitrogens with one attached hydrogen (secondary N) is 1. The van der Waals surface area contributed by atoms with Gasteiger partial charge in [-0.25, -0.2) is 4.39 Å². The standard InChI is InChI=1S/C13H20FNO/c1-10(2)15-13(3,9-16)8-11-4-6-12(14)7-5-11/h4-7,10,15-16H,8-9H2,1-3H3. The van der Waals surface area contributed by atoms with Crippen LogP contribution in [-0.2, 0) is 6.42 Å². The summed E-state index contributed by atoms with van der Waals surface area (Å²) in [5.41, 5.74) is 0.664. The van der Waals surface area contributed by atoms with E-state index in [1.807, 2.05) is 20.8 Å². The lowest BCUT2D eigenvalue weighted by molar-refractivity contribution is 0.165. The highest BCUT2D eigenvalue weighted by Gasteiger charge is 2.24. The molecule has 0 aromatic heterocycles. The third-order valence-electron chi connectivity index (χ3n) is 2.49. The summed E-state index contributed by atoms with van der Waals surface area (Å²) >= 11 is 0. The van der Waals surface area contributed by atoms with E-state index in [4.69, 9.17) is 0 Å². The molecule has 1 atom stereocenters. The van der Waals surface area contributed by atoms with Crippen molar-refractivity contribution < 1.29 is 9.50 Å². The normalized spacial score (nSPS) is 15.1. The average molecular weight is 225 g/mol. The molecule has 0 aliphatic carbocycles. The van der Waals surface area contributed by atoms with Crippen molar-refractivity contribution in [2.75, 3.05) is 6.61 Å². The maximum absolute atomic E-state index is 12.7. The second-order valence-corrected chi connectivity index (χ2v) is 4.82. The zero-order valence-corrected chi connectivity index (χ0v) is 10.1. The average Bonchev–Trinajstić information content (AvgIpc) is 2.20. The molecule has 0 spiro atoms. The van der Waals surface area contributed by atoms with Gasteiger partial charge >= 0.3 is 0 Å². The molecule has 3 heteroatoms. The molecule has 2 N–H and O–H groups in total. The topological polar surface area (TPSA) is 32.3 Å². The van der Waals surface area contributed by atoms with Gasteiger partial charge in [-0.05, 0) is 31.0 Å². The van der Waals surface area contributed by atoms with E-state index in [0.717, 1.165) is 5.56 Å². The Balaban J connectivity index is 2.72. The second kappa shape index (κ2) is 5.41. The Hall–Kier alpha value is -0.930. The molecule has 0 amide bonds. The van der Waals surface area contributed by atoms with Crippen LogP contribution in [0.25, 0.3) is 0 Å². The van der Waals surface area contributed by atoms with Gasteiger partial charge in [0.15, 0.2) is 0 Å². The summed E-state index contributed by atoms with van der Waals surface area (Å²) in [6, 6.07) is 6.71. The fraction of sp³-hybridized carbons (Fsp3) is 0.538. The lowest BCUT2D eigenvalue weighted by atomic mass is 9.93. The third kappa shape index (κ3) is 3.91. The molecular weight excluding hydrogens is 205 g/mol. The molecule has 16 heavy (non-hydrogen) atoms. The summed E-state index contributed by atoms with van der Waals surface area (Å²) in [6.45, 7) is 6.11. The predicted octanol–water partition coefficient (Wildman–Crippen LogP) is 2.12. The van der Waals surface area contributed by atoms with Crippen LogP contribution in [0.2, 0.25) is 0 Å². The first-order chi connectivity index (χ1) is 7.45. The zero-order chi connectivity index (χ0) is 12.2. The van der Waals surface area contributed by atoms with Crippen molar-refractivity contribution in [3.8, 4) is 0 Å². The lowest BCUT2D eigenvalue weighted by Gasteiger charge is -2.31. The molecule has 1 aromatic rings. The van der Waals surface area contributed by atoms with Crippen LogP contribution in [0.15, 0.2) is 24.3 Å². The molecule has 90 valence electrons. The van der Waals surface area contributed by atoms with Crippen molar-refractivity contribution >= 4 is 0 Å². The summed E-state index contributed by atoms with van der Waals surface area (Å²) in [4.78, 5) is 0. The van der Waals surface area contributed by atoms with E-state index in [0.29, 0.717) is 12.5 Å². The Kier molecular flexibility index (Phi) is 4.44. The fourth-order valence-corrected chi connectivity index (χ4v) is 1.90. The largest absolute Gasteiger partial charge is 0.394 e. The molecule has 1 rings (SSSR count). The molecule has 1 unspecified atom stereocenters. The number of benzene rings is 1. The molecule has 0 fully saturated rings. The molecule has 0 aliphatic rings. The summed E-state index contributed by atoms with van der Waals surface area (Å²) in [7, 11) is 0. The third-order valence-corrected chi connectivity index (χ3v) is 2.49. The smallest absolute Gasteiger partial charge is 0.123 e. The van der Waals surface area contributed by atoms with E-state index in [-0.39, 0.29) is 18.0 Å². The first-order valence-electron chi connectivity index (χ1n) is 5.58. The number of rotatable bonds is 5. The highest BCUT2D eigenvalue weighted by molar-refractivity contribution is 5.18. The highest BCUT2D eigenvalue weighted by Crippen LogP contribution is 2.14. The zero-order valence-electron chi connectivity index (χ0n) is 10.1. The number of hydrogen-bond donors (Lipinski definition) is 2. The molecule has 0 radical (unpaired) electrons. The van der Waals surface area contributed by atoms with Crippen LogP contribution in [0, 0.1) is 5.82 Å². The fourth-order valence-electron chi connectivity index (χ4n) is 1.90. The molecule has 0 bridgehead atoms. The van der Waals surface area contributed by atoms with Gasteiger partial charge in [-0.15, -0.1) is 0 Å². The van der Waals surface area contributed by atoms with Gasteiger partial charge in [-0.1, -0.05) is 26.0 Å². The van der Waals surface area contributed by atoms with Crippen molar-refractivity contribution in [1.29, 1.82) is 0 Å². The molecule has 0 aliphatic heterocycles. The molecule has 1 aromatic carbocycles. The van der Waals surface area contributed by atoms with Crippen LogP contribution in [0.3, 0.4) is 0 Å². The first kappa shape index (κ1) is 13.1. The lowest BCUT2D eigenvalue weighted by Crippen LogP contribution is -2.50. The van der Waals surface area contributed by atoms with E-state index in [9.17, 15) is 9.50 Å². The number of halogens is 1. The van der Waals surface area contributed by atoms with Gasteiger partial charge in [0.05, 0.1) is 6.61 Å². The second-order valence-electron chi connectivity index (χ2n) is 4.82. The van der Waals surface area contributed by atoms with E-state index >= 15 is 0 Å². The quantitative estimate of drug-likeness (QED) is 0.804. The molecule has 0 saturated carbocycles. The van der Waals surface area contributed by atoms with E-state index < -0.39 is 0 Å². The Morgan fingerprint density at radius 3 is 2.31 bits per heavy atom. The van der Waals surface area contributed by atoms with Crippen LogP contribution >= 0.6 is 0 Å². The first-order valence-corrected chi connectivity index (χ1v) is 5.58. The van der Waals surface area contributed by atoms with Crippen molar-refractivity contribution in [2.24, 2.45) is 0 Å². The van der Waals surface area contributed by atoms with Gasteiger partial charge in [0.1, 0.15) is 5.82 Å². The van der Waals surface area contributed by atoms with Crippen LogP contribution in [-0.4, -0.2) is 23.3 Å². The summed E-state index contributed by atoms with van der Waals surface area (Å²) in [5, 5.41) is 12.7. The monoisotopic (exact) mass is 225 g/mol. The Morgan fingerprint density at radius 1 is 1.31 bits per heavy atom. The van der Waals surface area contributed by atoms with E-state index in [2.05, 4.69) is 5.32 Å². The van der Waals surface area contributed by atoms with Crippen LogP contribution < -0.4 is 5.32 Å². The van der Waals surface area contributed by atoms with E-state index in [1.54, 1.807) is 12.1 Å². The number of aliphatic hydroxyl groups is 1. The minimum Gasteiger partial charge on any atom is -0.394 e. The minimum absolute atomic E-state index is 0.0581.